The molecule has 0 bridgehead atoms. The van der Waals surface area contributed by atoms with E-state index in [1.54, 1.807) is 0 Å². The van der Waals surface area contributed by atoms with E-state index in [1.807, 2.05) is 48.6 Å². The second-order valence-corrected chi connectivity index (χ2v) is 8.62. The van der Waals surface area contributed by atoms with E-state index < -0.39 is 0 Å². The summed E-state index contributed by atoms with van der Waals surface area (Å²) in [5.74, 6) is 0. The first kappa shape index (κ1) is 32.4. The number of benzene rings is 2. The molecule has 0 saturated heterocycles. The van der Waals surface area contributed by atoms with Crippen LogP contribution < -0.4 is 0 Å². The standard InChI is InChI=1S/C26H32.2C5H4.Ti/c1-3-5-9-19-25(21-23-15-11-7-12-16-23)26(20-10-6-4-2)22-24-17-13-8-14-18-24;2*1-2-4-5-3-1;/h7-8,11-18H,3-6,9-10,19-20H2,1-2H3;2*1-4H;/q-2;2*-1;+4. The summed E-state index contributed by atoms with van der Waals surface area (Å²) in [4.78, 5) is 0. The molecule has 4 rings (SSSR count). The van der Waals surface area contributed by atoms with Crippen molar-refractivity contribution < 1.29 is 21.7 Å². The van der Waals surface area contributed by atoms with Gasteiger partial charge in [-0.2, -0.15) is 60.4 Å². The van der Waals surface area contributed by atoms with E-state index >= 15 is 0 Å². The summed E-state index contributed by atoms with van der Waals surface area (Å²) in [5.41, 5.74) is 5.01. The molecule has 0 aromatic heterocycles. The predicted molar refractivity (Wildman–Crippen MR) is 156 cm³/mol. The molecule has 0 saturated carbocycles. The van der Waals surface area contributed by atoms with Crippen LogP contribution in [-0.2, 0) is 21.7 Å². The first-order valence-corrected chi connectivity index (χ1v) is 13.3. The van der Waals surface area contributed by atoms with E-state index in [1.165, 1.54) is 60.8 Å². The maximum absolute atomic E-state index is 3.70. The normalized spacial score (nSPS) is 13.0. The molecule has 0 amide bonds. The molecule has 0 fully saturated rings. The molecule has 0 heterocycles. The van der Waals surface area contributed by atoms with E-state index in [0.29, 0.717) is 0 Å². The van der Waals surface area contributed by atoms with Crippen molar-refractivity contribution in [2.24, 2.45) is 0 Å². The molecule has 0 unspecified atom stereocenters. The minimum Gasteiger partial charge on any atom is -0.214 e. The number of rotatable bonds is 11. The van der Waals surface area contributed by atoms with Crippen molar-refractivity contribution in [3.8, 4) is 0 Å². The molecule has 0 aliphatic heterocycles. The van der Waals surface area contributed by atoms with Crippen LogP contribution >= 0.6 is 0 Å². The van der Waals surface area contributed by atoms with Gasteiger partial charge in [0.2, 0.25) is 0 Å². The molecular formula is C36H40Ti. The Kier molecular flexibility index (Phi) is 19.7. The molecule has 37 heavy (non-hydrogen) atoms. The van der Waals surface area contributed by atoms with Crippen molar-refractivity contribution in [3.05, 3.63) is 157 Å². The Morgan fingerprint density at radius 2 is 0.892 bits per heavy atom. The van der Waals surface area contributed by atoms with Crippen LogP contribution in [-0.4, -0.2) is 0 Å². The third-order valence-corrected chi connectivity index (χ3v) is 5.55. The molecule has 2 aliphatic rings. The molecule has 0 nitrogen and oxygen atoms in total. The summed E-state index contributed by atoms with van der Waals surface area (Å²) < 4.78 is 0. The number of hydrogen-bond acceptors (Lipinski definition) is 0. The fourth-order valence-electron chi connectivity index (χ4n) is 3.63. The van der Waals surface area contributed by atoms with E-state index in [9.17, 15) is 0 Å². The summed E-state index contributed by atoms with van der Waals surface area (Å²) in [6.07, 6.45) is 38.1. The first-order valence-electron chi connectivity index (χ1n) is 13.3. The maximum atomic E-state index is 3.70. The average Bonchev–Trinajstić information content (AvgIpc) is 3.69. The fourth-order valence-corrected chi connectivity index (χ4v) is 3.63. The quantitative estimate of drug-likeness (QED) is 0.120. The molecule has 2 aromatic carbocycles. The van der Waals surface area contributed by atoms with Gasteiger partial charge < -0.3 is 0 Å². The summed E-state index contributed by atoms with van der Waals surface area (Å²) in [6.45, 7) is 4.52. The van der Waals surface area contributed by atoms with Gasteiger partial charge in [-0.1, -0.05) is 77.3 Å². The Labute approximate surface area is 242 Å². The summed E-state index contributed by atoms with van der Waals surface area (Å²) in [5, 5.41) is 0. The molecule has 0 spiro atoms. The van der Waals surface area contributed by atoms with Crippen LogP contribution in [0.1, 0.15) is 76.3 Å². The summed E-state index contributed by atoms with van der Waals surface area (Å²) in [7, 11) is 0. The van der Waals surface area contributed by atoms with Gasteiger partial charge in [0.25, 0.3) is 0 Å². The van der Waals surface area contributed by atoms with E-state index in [-0.39, 0.29) is 21.7 Å². The predicted octanol–water partition coefficient (Wildman–Crippen LogP) is 10.1. The Hall–Kier alpha value is -2.67. The van der Waals surface area contributed by atoms with Crippen molar-refractivity contribution in [2.45, 2.75) is 65.2 Å². The van der Waals surface area contributed by atoms with Gasteiger partial charge in [-0.15, -0.1) is 48.5 Å². The van der Waals surface area contributed by atoms with Crippen LogP contribution in [0.5, 0.6) is 0 Å². The van der Waals surface area contributed by atoms with Gasteiger partial charge >= 0.3 is 21.7 Å². The largest absolute Gasteiger partial charge is 4.00 e. The summed E-state index contributed by atoms with van der Waals surface area (Å²) in [6, 6.07) is 21.1. The van der Waals surface area contributed by atoms with Crippen molar-refractivity contribution in [1.82, 2.24) is 0 Å². The minimum absolute atomic E-state index is 0. The first-order chi connectivity index (χ1) is 17.8. The second-order valence-electron chi connectivity index (χ2n) is 8.62. The molecular weight excluding hydrogens is 480 g/mol. The monoisotopic (exact) mass is 520 g/mol. The number of hydrogen-bond donors (Lipinski definition) is 0. The zero-order chi connectivity index (χ0) is 25.5. The molecule has 2 aliphatic carbocycles. The molecule has 2 aromatic rings. The average molecular weight is 521 g/mol. The Bertz CT molecular complexity index is 884. The van der Waals surface area contributed by atoms with Gasteiger partial charge in [0.1, 0.15) is 0 Å². The van der Waals surface area contributed by atoms with Crippen LogP contribution in [0.3, 0.4) is 0 Å². The van der Waals surface area contributed by atoms with Crippen molar-refractivity contribution >= 4 is 0 Å². The van der Waals surface area contributed by atoms with Crippen molar-refractivity contribution in [2.75, 3.05) is 0 Å². The number of allylic oxidation sites excluding steroid dienone is 10. The summed E-state index contributed by atoms with van der Waals surface area (Å²) >= 11 is 0. The SMILES string of the molecule is CCCCCC(=[C-]c1ccccc1)C(=[C-]c1ccccc1)CCCCC.[C-]1C=CC=C1.[C-]1C=CC=C1.[Ti+4]. The van der Waals surface area contributed by atoms with E-state index in [4.69, 9.17) is 0 Å². The second kappa shape index (κ2) is 22.5. The topological polar surface area (TPSA) is 0 Å². The Morgan fingerprint density at radius 1 is 0.541 bits per heavy atom. The minimum atomic E-state index is 0. The van der Waals surface area contributed by atoms with Crippen molar-refractivity contribution in [1.29, 1.82) is 0 Å². The van der Waals surface area contributed by atoms with Gasteiger partial charge in [-0.05, 0) is 0 Å². The zero-order valence-corrected chi connectivity index (χ0v) is 24.1. The molecule has 0 atom stereocenters. The van der Waals surface area contributed by atoms with Crippen LogP contribution in [0.2, 0.25) is 0 Å². The van der Waals surface area contributed by atoms with Gasteiger partial charge in [0.05, 0.1) is 0 Å². The van der Waals surface area contributed by atoms with Gasteiger partial charge in [0, 0.05) is 0 Å². The van der Waals surface area contributed by atoms with Crippen LogP contribution in [0.25, 0.3) is 0 Å². The van der Waals surface area contributed by atoms with E-state index in [0.717, 1.165) is 12.8 Å². The zero-order valence-electron chi connectivity index (χ0n) is 22.5. The fraction of sp³-hybridized carbons (Fsp3) is 0.278. The van der Waals surface area contributed by atoms with Crippen molar-refractivity contribution in [3.63, 3.8) is 0 Å². The third-order valence-electron chi connectivity index (χ3n) is 5.55. The van der Waals surface area contributed by atoms with Gasteiger partial charge in [0.15, 0.2) is 0 Å². The Balaban J connectivity index is 0.000000512. The number of unbranched alkanes of at least 4 members (excludes halogenated alkanes) is 4. The van der Waals surface area contributed by atoms with Gasteiger partial charge in [-0.25, -0.2) is 35.5 Å². The Morgan fingerprint density at radius 3 is 1.16 bits per heavy atom. The van der Waals surface area contributed by atoms with E-state index in [2.05, 4.69) is 99.5 Å². The molecule has 2 radical (unpaired) electrons. The van der Waals surface area contributed by atoms with Gasteiger partial charge in [-0.3, -0.25) is 0 Å². The van der Waals surface area contributed by atoms with Crippen LogP contribution in [0.15, 0.2) is 120 Å². The molecule has 188 valence electrons. The third kappa shape index (κ3) is 15.9. The van der Waals surface area contributed by atoms with Crippen LogP contribution in [0, 0.1) is 25.0 Å². The smallest absolute Gasteiger partial charge is 0.214 e. The van der Waals surface area contributed by atoms with Crippen LogP contribution in [0.4, 0.5) is 0 Å². The molecule has 1 heteroatoms. The molecule has 0 N–H and O–H groups in total. The maximum Gasteiger partial charge on any atom is 4.00 e.